The first-order valence-corrected chi connectivity index (χ1v) is 8.84. The van der Waals surface area contributed by atoms with E-state index in [-0.39, 0.29) is 5.41 Å². The molecular formula is C22H27NO. The van der Waals surface area contributed by atoms with Crippen LogP contribution in [0.3, 0.4) is 0 Å². The standard InChI is InChI=1S/C22H27NO/c1-3-14-23-15-8-13-22(18(23)2,17-19-9-5-4-6-10-19)20-11-7-12-21(24)16-20/h3-7,9-12,16,18,24H,1,8,13-15,17H2,2H3. The summed E-state index contributed by atoms with van der Waals surface area (Å²) in [6.45, 7) is 8.28. The Labute approximate surface area is 145 Å². The van der Waals surface area contributed by atoms with Gasteiger partial charge in [-0.05, 0) is 56.0 Å². The van der Waals surface area contributed by atoms with Gasteiger partial charge in [0.2, 0.25) is 0 Å². The maximum atomic E-state index is 10.0. The highest BCUT2D eigenvalue weighted by molar-refractivity contribution is 5.37. The van der Waals surface area contributed by atoms with E-state index in [4.69, 9.17) is 0 Å². The van der Waals surface area contributed by atoms with Crippen LogP contribution in [0.4, 0.5) is 0 Å². The molecule has 0 amide bonds. The van der Waals surface area contributed by atoms with Gasteiger partial charge >= 0.3 is 0 Å². The summed E-state index contributed by atoms with van der Waals surface area (Å²) >= 11 is 0. The average molecular weight is 321 g/mol. The van der Waals surface area contributed by atoms with E-state index in [1.165, 1.54) is 17.5 Å². The highest BCUT2D eigenvalue weighted by Gasteiger charge is 2.43. The van der Waals surface area contributed by atoms with Gasteiger partial charge in [-0.25, -0.2) is 0 Å². The molecule has 1 heterocycles. The molecule has 2 nitrogen and oxygen atoms in total. The SMILES string of the molecule is C=CCN1CCCC(Cc2ccccc2)(c2cccc(O)c2)C1C. The van der Waals surface area contributed by atoms with Gasteiger partial charge in [0.05, 0.1) is 0 Å². The quantitative estimate of drug-likeness (QED) is 0.817. The van der Waals surface area contributed by atoms with Gasteiger partial charge in [0.15, 0.2) is 0 Å². The first-order valence-electron chi connectivity index (χ1n) is 8.84. The Morgan fingerprint density at radius 2 is 2.00 bits per heavy atom. The fourth-order valence-electron chi connectivity index (χ4n) is 4.26. The summed E-state index contributed by atoms with van der Waals surface area (Å²) in [6, 6.07) is 19.0. The molecule has 0 bridgehead atoms. The van der Waals surface area contributed by atoms with Gasteiger partial charge in [0.1, 0.15) is 5.75 Å². The molecule has 3 rings (SSSR count). The van der Waals surface area contributed by atoms with Crippen molar-refractivity contribution in [3.05, 3.63) is 78.4 Å². The van der Waals surface area contributed by atoms with Gasteiger partial charge in [-0.15, -0.1) is 6.58 Å². The second-order valence-electron chi connectivity index (χ2n) is 6.93. The third-order valence-electron chi connectivity index (χ3n) is 5.56. The van der Waals surface area contributed by atoms with Crippen LogP contribution in [0.1, 0.15) is 30.9 Å². The zero-order chi connectivity index (χ0) is 17.0. The summed E-state index contributed by atoms with van der Waals surface area (Å²) in [5, 5.41) is 10.0. The first kappa shape index (κ1) is 16.8. The number of piperidine rings is 1. The molecule has 1 N–H and O–H groups in total. The van der Waals surface area contributed by atoms with Gasteiger partial charge in [-0.1, -0.05) is 48.5 Å². The van der Waals surface area contributed by atoms with Gasteiger partial charge in [0.25, 0.3) is 0 Å². The number of likely N-dealkylation sites (tertiary alicyclic amines) is 1. The Balaban J connectivity index is 2.04. The largest absolute Gasteiger partial charge is 0.508 e. The lowest BCUT2D eigenvalue weighted by Gasteiger charge is -2.49. The predicted octanol–water partition coefficient (Wildman–Crippen LogP) is 4.54. The molecule has 2 aromatic rings. The molecule has 24 heavy (non-hydrogen) atoms. The molecule has 0 spiro atoms. The number of hydrogen-bond donors (Lipinski definition) is 1. The van der Waals surface area contributed by atoms with Crippen molar-refractivity contribution in [3.8, 4) is 5.75 Å². The van der Waals surface area contributed by atoms with Crippen LogP contribution in [0.25, 0.3) is 0 Å². The summed E-state index contributed by atoms with van der Waals surface area (Å²) in [4.78, 5) is 2.52. The molecule has 1 aliphatic heterocycles. The van der Waals surface area contributed by atoms with Crippen molar-refractivity contribution in [1.29, 1.82) is 0 Å². The van der Waals surface area contributed by atoms with Gasteiger partial charge in [0, 0.05) is 18.0 Å². The van der Waals surface area contributed by atoms with E-state index in [1.807, 2.05) is 18.2 Å². The second-order valence-corrected chi connectivity index (χ2v) is 6.93. The van der Waals surface area contributed by atoms with E-state index in [0.29, 0.717) is 11.8 Å². The van der Waals surface area contributed by atoms with Crippen LogP contribution in [0, 0.1) is 0 Å². The topological polar surface area (TPSA) is 23.5 Å². The number of benzene rings is 2. The monoisotopic (exact) mass is 321 g/mol. The lowest BCUT2D eigenvalue weighted by atomic mass is 9.65. The number of aromatic hydroxyl groups is 1. The Kier molecular flexibility index (Phi) is 5.06. The van der Waals surface area contributed by atoms with Crippen LogP contribution in [0.5, 0.6) is 5.75 Å². The van der Waals surface area contributed by atoms with Crippen LogP contribution in [0.15, 0.2) is 67.3 Å². The maximum Gasteiger partial charge on any atom is 0.115 e. The van der Waals surface area contributed by atoms with Crippen LogP contribution >= 0.6 is 0 Å². The zero-order valence-corrected chi connectivity index (χ0v) is 14.5. The smallest absolute Gasteiger partial charge is 0.115 e. The molecule has 126 valence electrons. The van der Waals surface area contributed by atoms with E-state index in [2.05, 4.69) is 54.8 Å². The summed E-state index contributed by atoms with van der Waals surface area (Å²) in [5.41, 5.74) is 2.61. The summed E-state index contributed by atoms with van der Waals surface area (Å²) in [7, 11) is 0. The first-order chi connectivity index (χ1) is 11.7. The van der Waals surface area contributed by atoms with Crippen LogP contribution in [0.2, 0.25) is 0 Å². The van der Waals surface area contributed by atoms with Crippen molar-refractivity contribution in [2.75, 3.05) is 13.1 Å². The second kappa shape index (κ2) is 7.23. The van der Waals surface area contributed by atoms with Crippen LogP contribution < -0.4 is 0 Å². The van der Waals surface area contributed by atoms with Crippen molar-refractivity contribution in [1.82, 2.24) is 4.90 Å². The Bertz CT molecular complexity index is 681. The van der Waals surface area contributed by atoms with Crippen molar-refractivity contribution in [2.45, 2.75) is 37.6 Å². The number of hydrogen-bond acceptors (Lipinski definition) is 2. The third-order valence-corrected chi connectivity index (χ3v) is 5.56. The van der Waals surface area contributed by atoms with E-state index in [9.17, 15) is 5.11 Å². The van der Waals surface area contributed by atoms with Crippen LogP contribution in [-0.2, 0) is 11.8 Å². The number of phenolic OH excluding ortho intramolecular Hbond substituents is 1. The molecule has 1 fully saturated rings. The molecule has 1 saturated heterocycles. The molecule has 1 aliphatic rings. The zero-order valence-electron chi connectivity index (χ0n) is 14.5. The molecule has 0 aliphatic carbocycles. The molecule has 2 heteroatoms. The summed E-state index contributed by atoms with van der Waals surface area (Å²) in [5.74, 6) is 0.355. The minimum absolute atomic E-state index is 0.0152. The number of phenols is 1. The van der Waals surface area contributed by atoms with E-state index >= 15 is 0 Å². The minimum atomic E-state index is 0.0152. The van der Waals surface area contributed by atoms with Gasteiger partial charge in [-0.2, -0.15) is 0 Å². The Morgan fingerprint density at radius 3 is 2.71 bits per heavy atom. The molecule has 0 radical (unpaired) electrons. The fourth-order valence-corrected chi connectivity index (χ4v) is 4.26. The van der Waals surface area contributed by atoms with Crippen LogP contribution in [-0.4, -0.2) is 29.1 Å². The van der Waals surface area contributed by atoms with Gasteiger partial charge in [-0.3, -0.25) is 4.90 Å². The third kappa shape index (κ3) is 3.25. The van der Waals surface area contributed by atoms with Crippen molar-refractivity contribution in [3.63, 3.8) is 0 Å². The normalized spacial score (nSPS) is 24.6. The molecule has 2 atom stereocenters. The number of nitrogens with zero attached hydrogens (tertiary/aromatic N) is 1. The van der Waals surface area contributed by atoms with Crippen molar-refractivity contribution in [2.24, 2.45) is 0 Å². The minimum Gasteiger partial charge on any atom is -0.508 e. The van der Waals surface area contributed by atoms with E-state index < -0.39 is 0 Å². The summed E-state index contributed by atoms with van der Waals surface area (Å²) < 4.78 is 0. The lowest BCUT2D eigenvalue weighted by molar-refractivity contribution is 0.0874. The lowest BCUT2D eigenvalue weighted by Crippen LogP contribution is -2.54. The molecule has 0 saturated carbocycles. The Hall–Kier alpha value is -2.06. The van der Waals surface area contributed by atoms with Crippen molar-refractivity contribution >= 4 is 0 Å². The molecule has 0 aromatic heterocycles. The van der Waals surface area contributed by atoms with E-state index in [1.54, 1.807) is 6.07 Å². The summed E-state index contributed by atoms with van der Waals surface area (Å²) in [6.07, 6.45) is 5.30. The Morgan fingerprint density at radius 1 is 1.21 bits per heavy atom. The predicted molar refractivity (Wildman–Crippen MR) is 100 cm³/mol. The number of rotatable bonds is 5. The average Bonchev–Trinajstić information content (AvgIpc) is 2.60. The highest BCUT2D eigenvalue weighted by Crippen LogP contribution is 2.42. The van der Waals surface area contributed by atoms with Gasteiger partial charge < -0.3 is 5.11 Å². The maximum absolute atomic E-state index is 10.0. The molecule has 2 unspecified atom stereocenters. The van der Waals surface area contributed by atoms with E-state index in [0.717, 1.165) is 25.9 Å². The van der Waals surface area contributed by atoms with Crippen molar-refractivity contribution < 1.29 is 5.11 Å². The molecular weight excluding hydrogens is 294 g/mol. The molecule has 2 aromatic carbocycles. The fraction of sp³-hybridized carbons (Fsp3) is 0.364. The highest BCUT2D eigenvalue weighted by atomic mass is 16.3.